The van der Waals surface area contributed by atoms with Gasteiger partial charge in [-0.3, -0.25) is 0 Å². The van der Waals surface area contributed by atoms with Gasteiger partial charge in [0.15, 0.2) is 12.6 Å². The Hall–Kier alpha value is -2.58. The number of benzene rings is 3. The van der Waals surface area contributed by atoms with Crippen molar-refractivity contribution >= 4 is 0 Å². The van der Waals surface area contributed by atoms with E-state index in [1.54, 1.807) is 0 Å². The van der Waals surface area contributed by atoms with Gasteiger partial charge in [-0.2, -0.15) is 0 Å². The highest BCUT2D eigenvalue weighted by Gasteiger charge is 2.50. The molecule has 172 valence electrons. The second kappa shape index (κ2) is 10.6. The Bertz CT molecular complexity index is 983. The van der Waals surface area contributed by atoms with Crippen molar-refractivity contribution in [3.8, 4) is 0 Å². The van der Waals surface area contributed by atoms with Gasteiger partial charge in [-0.1, -0.05) is 91.0 Å². The molecule has 3 aromatic carbocycles. The number of aliphatic hydroxyl groups excluding tert-OH is 1. The smallest absolute Gasteiger partial charge is 0.187 e. The first kappa shape index (κ1) is 22.2. The Kier molecular flexibility index (Phi) is 7.12. The average Bonchev–Trinajstić information content (AvgIpc) is 2.88. The van der Waals surface area contributed by atoms with Crippen molar-refractivity contribution in [3.63, 3.8) is 0 Å². The van der Waals surface area contributed by atoms with E-state index in [0.29, 0.717) is 19.8 Å². The van der Waals surface area contributed by atoms with E-state index >= 15 is 0 Å². The first-order valence-corrected chi connectivity index (χ1v) is 11.2. The molecule has 3 aromatic rings. The van der Waals surface area contributed by atoms with E-state index in [-0.39, 0.29) is 0 Å². The summed E-state index contributed by atoms with van der Waals surface area (Å²) in [6, 6.07) is 29.4. The summed E-state index contributed by atoms with van der Waals surface area (Å²) in [5.74, 6) is 0. The topological polar surface area (TPSA) is 66.4 Å². The van der Waals surface area contributed by atoms with E-state index in [4.69, 9.17) is 23.7 Å². The van der Waals surface area contributed by atoms with Crippen LogP contribution in [0.3, 0.4) is 0 Å². The minimum atomic E-state index is -1.02. The summed E-state index contributed by atoms with van der Waals surface area (Å²) in [5.41, 5.74) is 2.92. The first-order chi connectivity index (χ1) is 16.3. The lowest BCUT2D eigenvalue weighted by atomic mass is 9.97. The minimum absolute atomic E-state index is 0.313. The van der Waals surface area contributed by atoms with Gasteiger partial charge < -0.3 is 28.8 Å². The molecule has 0 bridgehead atoms. The highest BCUT2D eigenvalue weighted by atomic mass is 16.8. The van der Waals surface area contributed by atoms with E-state index in [2.05, 4.69) is 0 Å². The van der Waals surface area contributed by atoms with Crippen LogP contribution in [0.2, 0.25) is 0 Å². The summed E-state index contributed by atoms with van der Waals surface area (Å²) in [5, 5.41) is 11.2. The second-order valence-electron chi connectivity index (χ2n) is 8.27. The zero-order valence-corrected chi connectivity index (χ0v) is 18.2. The molecule has 2 aliphatic heterocycles. The molecule has 5 rings (SSSR count). The number of hydrogen-bond acceptors (Lipinski definition) is 6. The van der Waals surface area contributed by atoms with Crippen molar-refractivity contribution in [1.82, 2.24) is 0 Å². The molecular formula is C27H28O6. The van der Waals surface area contributed by atoms with E-state index in [1.807, 2.05) is 91.0 Å². The fourth-order valence-corrected chi connectivity index (χ4v) is 4.19. The van der Waals surface area contributed by atoms with Crippen molar-refractivity contribution in [2.24, 2.45) is 0 Å². The van der Waals surface area contributed by atoms with Crippen molar-refractivity contribution in [2.45, 2.75) is 50.2 Å². The highest BCUT2D eigenvalue weighted by Crippen LogP contribution is 2.36. The van der Waals surface area contributed by atoms with E-state index in [9.17, 15) is 5.11 Å². The molecular weight excluding hydrogens is 420 g/mol. The van der Waals surface area contributed by atoms with Gasteiger partial charge in [0.2, 0.25) is 0 Å². The molecule has 6 heteroatoms. The van der Waals surface area contributed by atoms with Crippen molar-refractivity contribution in [3.05, 3.63) is 108 Å². The molecule has 2 saturated heterocycles. The molecule has 33 heavy (non-hydrogen) atoms. The van der Waals surface area contributed by atoms with Gasteiger partial charge in [-0.25, -0.2) is 0 Å². The zero-order valence-electron chi connectivity index (χ0n) is 18.2. The van der Waals surface area contributed by atoms with Crippen LogP contribution in [-0.4, -0.2) is 42.4 Å². The minimum Gasteiger partial charge on any atom is -0.385 e. The fraction of sp³-hybridized carbons (Fsp3) is 0.333. The van der Waals surface area contributed by atoms with Gasteiger partial charge in [-0.05, 0) is 11.1 Å². The van der Waals surface area contributed by atoms with E-state index < -0.39 is 37.0 Å². The fourth-order valence-electron chi connectivity index (χ4n) is 4.19. The highest BCUT2D eigenvalue weighted by molar-refractivity contribution is 5.17. The summed E-state index contributed by atoms with van der Waals surface area (Å²) < 4.78 is 30.5. The molecule has 1 N–H and O–H groups in total. The molecule has 0 radical (unpaired) electrons. The summed E-state index contributed by atoms with van der Waals surface area (Å²) >= 11 is 0. The Morgan fingerprint density at radius 3 is 1.94 bits per heavy atom. The van der Waals surface area contributed by atoms with E-state index in [1.165, 1.54) is 0 Å². The van der Waals surface area contributed by atoms with Crippen molar-refractivity contribution in [2.75, 3.05) is 6.61 Å². The summed E-state index contributed by atoms with van der Waals surface area (Å²) in [4.78, 5) is 0. The lowest BCUT2D eigenvalue weighted by Gasteiger charge is -2.47. The predicted molar refractivity (Wildman–Crippen MR) is 121 cm³/mol. The Morgan fingerprint density at radius 2 is 1.30 bits per heavy atom. The van der Waals surface area contributed by atoms with Gasteiger partial charge in [0.25, 0.3) is 0 Å². The summed E-state index contributed by atoms with van der Waals surface area (Å²) in [6.07, 6.45) is -3.98. The maximum absolute atomic E-state index is 11.2. The monoisotopic (exact) mass is 448 g/mol. The Morgan fingerprint density at radius 1 is 0.727 bits per heavy atom. The van der Waals surface area contributed by atoms with Crippen LogP contribution in [0, 0.1) is 0 Å². The lowest BCUT2D eigenvalue weighted by molar-refractivity contribution is -0.368. The van der Waals surface area contributed by atoms with Crippen LogP contribution in [-0.2, 0) is 36.9 Å². The molecule has 0 amide bonds. The molecule has 2 heterocycles. The van der Waals surface area contributed by atoms with Gasteiger partial charge in [0.05, 0.1) is 19.8 Å². The number of hydrogen-bond donors (Lipinski definition) is 1. The van der Waals surface area contributed by atoms with Gasteiger partial charge in [-0.15, -0.1) is 0 Å². The largest absolute Gasteiger partial charge is 0.385 e. The molecule has 2 aliphatic rings. The van der Waals surface area contributed by atoms with E-state index in [0.717, 1.165) is 16.7 Å². The predicted octanol–water partition coefficient (Wildman–Crippen LogP) is 3.99. The number of ether oxygens (including phenoxy) is 5. The Labute approximate surface area is 193 Å². The molecule has 0 spiro atoms. The van der Waals surface area contributed by atoms with Crippen LogP contribution in [0.4, 0.5) is 0 Å². The molecule has 0 aromatic heterocycles. The van der Waals surface area contributed by atoms with Crippen LogP contribution in [0.1, 0.15) is 23.0 Å². The number of aliphatic hydroxyl groups is 1. The van der Waals surface area contributed by atoms with Gasteiger partial charge >= 0.3 is 0 Å². The average molecular weight is 449 g/mol. The van der Waals surface area contributed by atoms with Crippen LogP contribution in [0.5, 0.6) is 0 Å². The van der Waals surface area contributed by atoms with Crippen LogP contribution < -0.4 is 0 Å². The molecule has 0 saturated carbocycles. The standard InChI is InChI=1S/C27H28O6/c28-23-25(29-16-19-10-4-1-5-11-19)24-22(18-31-26(33-24)21-14-8-3-9-15-21)32-27(23)30-17-20-12-6-2-7-13-20/h1-15,22-28H,16-18H2/t22-,23-,24-,25-,26-,27+/m1/s1. The third-order valence-corrected chi connectivity index (χ3v) is 5.92. The van der Waals surface area contributed by atoms with Gasteiger partial charge in [0.1, 0.15) is 24.4 Å². The molecule has 0 unspecified atom stereocenters. The molecule has 6 atom stereocenters. The van der Waals surface area contributed by atoms with Crippen LogP contribution >= 0.6 is 0 Å². The van der Waals surface area contributed by atoms with Gasteiger partial charge in [0, 0.05) is 5.56 Å². The van der Waals surface area contributed by atoms with Crippen molar-refractivity contribution < 1.29 is 28.8 Å². The second-order valence-corrected chi connectivity index (χ2v) is 8.27. The third kappa shape index (κ3) is 5.33. The third-order valence-electron chi connectivity index (χ3n) is 5.92. The Balaban J connectivity index is 1.32. The van der Waals surface area contributed by atoms with Crippen LogP contribution in [0.15, 0.2) is 91.0 Å². The van der Waals surface area contributed by atoms with Crippen LogP contribution in [0.25, 0.3) is 0 Å². The SMILES string of the molecule is O[C@H]1[C@@H](OCc2ccccc2)O[C@@H]2CO[C@@H](c3ccccc3)O[C@H]2[C@@H]1OCc1ccccc1. The summed E-state index contributed by atoms with van der Waals surface area (Å²) in [7, 11) is 0. The molecule has 6 nitrogen and oxygen atoms in total. The normalized spacial score (nSPS) is 29.4. The number of fused-ring (bicyclic) bond motifs is 1. The summed E-state index contributed by atoms with van der Waals surface area (Å²) in [6.45, 7) is 0.977. The zero-order chi connectivity index (χ0) is 22.5. The quantitative estimate of drug-likeness (QED) is 0.590. The maximum atomic E-state index is 11.2. The number of rotatable bonds is 7. The maximum Gasteiger partial charge on any atom is 0.187 e. The first-order valence-electron chi connectivity index (χ1n) is 11.2. The van der Waals surface area contributed by atoms with Crippen molar-refractivity contribution in [1.29, 1.82) is 0 Å². The molecule has 2 fully saturated rings. The lowest BCUT2D eigenvalue weighted by Crippen LogP contribution is -2.62. The molecule has 0 aliphatic carbocycles.